The molecule has 1 unspecified atom stereocenters. The predicted octanol–water partition coefficient (Wildman–Crippen LogP) is 1.87. The SMILES string of the molecule is CCCOCC(C)(N)c1noc(CC(C)C)n1. The van der Waals surface area contributed by atoms with Crippen LogP contribution in [0.15, 0.2) is 4.52 Å². The zero-order valence-electron chi connectivity index (χ0n) is 11.2. The summed E-state index contributed by atoms with van der Waals surface area (Å²) in [5.74, 6) is 1.65. The predicted molar refractivity (Wildman–Crippen MR) is 65.5 cm³/mol. The topological polar surface area (TPSA) is 74.2 Å². The van der Waals surface area contributed by atoms with Gasteiger partial charge >= 0.3 is 0 Å². The molecule has 0 bridgehead atoms. The molecular weight excluding hydrogens is 218 g/mol. The maximum atomic E-state index is 6.11. The molecule has 5 heteroatoms. The lowest BCUT2D eigenvalue weighted by Gasteiger charge is -2.19. The van der Waals surface area contributed by atoms with Gasteiger partial charge in [-0.3, -0.25) is 0 Å². The van der Waals surface area contributed by atoms with Gasteiger partial charge in [0.1, 0.15) is 5.54 Å². The molecule has 17 heavy (non-hydrogen) atoms. The van der Waals surface area contributed by atoms with E-state index in [4.69, 9.17) is 15.0 Å². The van der Waals surface area contributed by atoms with Gasteiger partial charge in [0.2, 0.25) is 5.89 Å². The van der Waals surface area contributed by atoms with Crippen molar-refractivity contribution in [3.05, 3.63) is 11.7 Å². The average molecular weight is 241 g/mol. The molecule has 0 saturated heterocycles. The summed E-state index contributed by atoms with van der Waals surface area (Å²) in [5.41, 5.74) is 5.43. The van der Waals surface area contributed by atoms with Crippen molar-refractivity contribution < 1.29 is 9.26 Å². The number of hydrogen-bond acceptors (Lipinski definition) is 5. The molecule has 0 amide bonds. The van der Waals surface area contributed by atoms with Crippen LogP contribution in [0, 0.1) is 5.92 Å². The van der Waals surface area contributed by atoms with Crippen LogP contribution in [0.1, 0.15) is 45.8 Å². The lowest BCUT2D eigenvalue weighted by atomic mass is 10.1. The molecule has 1 atom stereocenters. The lowest BCUT2D eigenvalue weighted by molar-refractivity contribution is 0.0867. The van der Waals surface area contributed by atoms with E-state index in [0.717, 1.165) is 12.8 Å². The van der Waals surface area contributed by atoms with Gasteiger partial charge < -0.3 is 15.0 Å². The van der Waals surface area contributed by atoms with Crippen LogP contribution in [0.4, 0.5) is 0 Å². The van der Waals surface area contributed by atoms with Gasteiger partial charge in [0.15, 0.2) is 5.82 Å². The minimum Gasteiger partial charge on any atom is -0.379 e. The quantitative estimate of drug-likeness (QED) is 0.738. The second-order valence-electron chi connectivity index (χ2n) is 5.08. The first-order chi connectivity index (χ1) is 7.95. The average Bonchev–Trinajstić information content (AvgIpc) is 2.66. The monoisotopic (exact) mass is 241 g/mol. The molecule has 98 valence electrons. The summed E-state index contributed by atoms with van der Waals surface area (Å²) in [4.78, 5) is 4.32. The Morgan fingerprint density at radius 1 is 1.47 bits per heavy atom. The summed E-state index contributed by atoms with van der Waals surface area (Å²) in [6, 6.07) is 0. The summed E-state index contributed by atoms with van der Waals surface area (Å²) < 4.78 is 10.6. The van der Waals surface area contributed by atoms with Crippen molar-refractivity contribution >= 4 is 0 Å². The Morgan fingerprint density at radius 3 is 2.76 bits per heavy atom. The number of hydrogen-bond donors (Lipinski definition) is 1. The van der Waals surface area contributed by atoms with E-state index in [2.05, 4.69) is 30.9 Å². The highest BCUT2D eigenvalue weighted by Crippen LogP contribution is 2.16. The Balaban J connectivity index is 2.60. The van der Waals surface area contributed by atoms with Crippen LogP contribution < -0.4 is 5.73 Å². The molecule has 0 fully saturated rings. The summed E-state index contributed by atoms with van der Waals surface area (Å²) >= 11 is 0. The van der Waals surface area contributed by atoms with Crippen LogP contribution in [0.5, 0.6) is 0 Å². The fourth-order valence-corrected chi connectivity index (χ4v) is 1.41. The van der Waals surface area contributed by atoms with E-state index in [1.165, 1.54) is 0 Å². The smallest absolute Gasteiger partial charge is 0.226 e. The third kappa shape index (κ3) is 4.44. The van der Waals surface area contributed by atoms with Gasteiger partial charge in [-0.2, -0.15) is 4.98 Å². The molecule has 0 radical (unpaired) electrons. The van der Waals surface area contributed by atoms with Gasteiger partial charge in [0, 0.05) is 13.0 Å². The zero-order chi connectivity index (χ0) is 12.9. The molecule has 0 aliphatic rings. The molecular formula is C12H23N3O2. The summed E-state index contributed by atoms with van der Waals surface area (Å²) in [5, 5.41) is 3.93. The van der Waals surface area contributed by atoms with E-state index in [-0.39, 0.29) is 0 Å². The minimum absolute atomic E-state index is 0.404. The van der Waals surface area contributed by atoms with Gasteiger partial charge in [-0.15, -0.1) is 0 Å². The van der Waals surface area contributed by atoms with Crippen LogP contribution in [-0.2, 0) is 16.7 Å². The van der Waals surface area contributed by atoms with Crippen molar-refractivity contribution in [2.45, 2.75) is 46.1 Å². The normalized spacial score (nSPS) is 15.2. The molecule has 0 spiro atoms. The third-order valence-corrected chi connectivity index (χ3v) is 2.31. The molecule has 0 aliphatic carbocycles. The van der Waals surface area contributed by atoms with Gasteiger partial charge in [-0.1, -0.05) is 25.9 Å². The largest absolute Gasteiger partial charge is 0.379 e. The van der Waals surface area contributed by atoms with E-state index < -0.39 is 5.54 Å². The van der Waals surface area contributed by atoms with Crippen LogP contribution in [-0.4, -0.2) is 23.4 Å². The number of nitrogens with two attached hydrogens (primary N) is 1. The van der Waals surface area contributed by atoms with E-state index in [1.54, 1.807) is 0 Å². The molecule has 0 aromatic carbocycles. The van der Waals surface area contributed by atoms with Crippen molar-refractivity contribution in [2.24, 2.45) is 11.7 Å². The van der Waals surface area contributed by atoms with E-state index >= 15 is 0 Å². The van der Waals surface area contributed by atoms with Crippen LogP contribution in [0.25, 0.3) is 0 Å². The van der Waals surface area contributed by atoms with Crippen LogP contribution >= 0.6 is 0 Å². The Labute approximate surface area is 103 Å². The van der Waals surface area contributed by atoms with E-state index in [9.17, 15) is 0 Å². The lowest BCUT2D eigenvalue weighted by Crippen LogP contribution is -2.39. The first-order valence-corrected chi connectivity index (χ1v) is 6.15. The molecule has 5 nitrogen and oxygen atoms in total. The van der Waals surface area contributed by atoms with Crippen molar-refractivity contribution in [1.82, 2.24) is 10.1 Å². The highest BCUT2D eigenvalue weighted by atomic mass is 16.5. The molecule has 1 aromatic rings. The van der Waals surface area contributed by atoms with Crippen LogP contribution in [0.3, 0.4) is 0 Å². The van der Waals surface area contributed by atoms with Gasteiger partial charge in [0.05, 0.1) is 6.61 Å². The fourth-order valence-electron chi connectivity index (χ4n) is 1.41. The van der Waals surface area contributed by atoms with Gasteiger partial charge in [-0.05, 0) is 19.3 Å². The van der Waals surface area contributed by atoms with Crippen molar-refractivity contribution in [1.29, 1.82) is 0 Å². The first-order valence-electron chi connectivity index (χ1n) is 6.15. The zero-order valence-corrected chi connectivity index (χ0v) is 11.2. The molecule has 0 aliphatic heterocycles. The molecule has 2 N–H and O–H groups in total. The number of ether oxygens (including phenoxy) is 1. The molecule has 0 saturated carbocycles. The van der Waals surface area contributed by atoms with Crippen LogP contribution in [0.2, 0.25) is 0 Å². The second-order valence-corrected chi connectivity index (χ2v) is 5.08. The summed E-state index contributed by atoms with van der Waals surface area (Å²) in [6.45, 7) is 9.23. The van der Waals surface area contributed by atoms with Gasteiger partial charge in [-0.25, -0.2) is 0 Å². The molecule has 1 aromatic heterocycles. The third-order valence-electron chi connectivity index (χ3n) is 2.31. The fraction of sp³-hybridized carbons (Fsp3) is 0.833. The Morgan fingerprint density at radius 2 is 2.18 bits per heavy atom. The second kappa shape index (κ2) is 6.12. The minimum atomic E-state index is -0.687. The number of rotatable bonds is 7. The Bertz CT molecular complexity index is 334. The molecule has 1 rings (SSSR count). The van der Waals surface area contributed by atoms with E-state index in [0.29, 0.717) is 30.8 Å². The first kappa shape index (κ1) is 14.1. The Hall–Kier alpha value is -0.940. The van der Waals surface area contributed by atoms with E-state index in [1.807, 2.05) is 6.92 Å². The maximum Gasteiger partial charge on any atom is 0.226 e. The Kier molecular flexibility index (Phi) is 5.08. The van der Waals surface area contributed by atoms with Crippen molar-refractivity contribution in [2.75, 3.05) is 13.2 Å². The number of aromatic nitrogens is 2. The number of nitrogens with zero attached hydrogens (tertiary/aromatic N) is 2. The summed E-state index contributed by atoms with van der Waals surface area (Å²) in [7, 11) is 0. The summed E-state index contributed by atoms with van der Waals surface area (Å²) in [6.07, 6.45) is 1.75. The van der Waals surface area contributed by atoms with Crippen molar-refractivity contribution in [3.8, 4) is 0 Å². The standard InChI is InChI=1S/C12H23N3O2/c1-5-6-16-8-12(4,13)11-14-10(17-15-11)7-9(2)3/h9H,5-8,13H2,1-4H3. The van der Waals surface area contributed by atoms with Crippen molar-refractivity contribution in [3.63, 3.8) is 0 Å². The highest BCUT2D eigenvalue weighted by Gasteiger charge is 2.27. The highest BCUT2D eigenvalue weighted by molar-refractivity contribution is 5.02. The van der Waals surface area contributed by atoms with Gasteiger partial charge in [0.25, 0.3) is 0 Å². The molecule has 1 heterocycles. The maximum absolute atomic E-state index is 6.11.